The number of alkyl halides is 3. The molecule has 160 valence electrons. The largest absolute Gasteiger partial charge is 0.497 e. The summed E-state index contributed by atoms with van der Waals surface area (Å²) in [6.07, 6.45) is -5.66. The van der Waals surface area contributed by atoms with E-state index in [1.165, 1.54) is 37.4 Å². The summed E-state index contributed by atoms with van der Waals surface area (Å²) < 4.78 is 45.3. The Morgan fingerprint density at radius 2 is 1.77 bits per heavy atom. The lowest BCUT2D eigenvalue weighted by Gasteiger charge is -2.31. The predicted octanol–water partition coefficient (Wildman–Crippen LogP) is 4.60. The van der Waals surface area contributed by atoms with Gasteiger partial charge in [0.2, 0.25) is 0 Å². The highest BCUT2D eigenvalue weighted by Gasteiger charge is 2.53. The normalized spacial score (nSPS) is 19.6. The molecule has 0 spiro atoms. The number of hydrazone groups is 1. The molecule has 0 fully saturated rings. The standard InChI is InChI=1S/C22H23F3N2O3/c1-20(2,3)15-10-8-14(9-11-15)19(28)27-21(29,13-18(26-27)22(23,24)25)16-6-5-7-17(12-16)30-4/h5-12,29H,13H2,1-4H3/t21-/m1/s1. The lowest BCUT2D eigenvalue weighted by molar-refractivity contribution is -0.0816. The molecule has 0 aromatic heterocycles. The van der Waals surface area contributed by atoms with Gasteiger partial charge in [0.25, 0.3) is 5.91 Å². The van der Waals surface area contributed by atoms with E-state index in [4.69, 9.17) is 4.74 Å². The number of carbonyl (C=O) groups is 1. The topological polar surface area (TPSA) is 62.1 Å². The Hall–Kier alpha value is -2.87. The Balaban J connectivity index is 2.05. The fourth-order valence-electron chi connectivity index (χ4n) is 3.25. The number of hydrogen-bond donors (Lipinski definition) is 1. The SMILES string of the molecule is COc1cccc([C@]2(O)CC(C(F)(F)F)=NN2C(=O)c2ccc(C(C)(C)C)cc2)c1. The van der Waals surface area contributed by atoms with Crippen LogP contribution in [-0.4, -0.2) is 35.0 Å². The van der Waals surface area contributed by atoms with Gasteiger partial charge in [-0.1, -0.05) is 45.0 Å². The number of rotatable bonds is 3. The minimum atomic E-state index is -4.78. The van der Waals surface area contributed by atoms with E-state index in [1.54, 1.807) is 18.2 Å². The van der Waals surface area contributed by atoms with Crippen molar-refractivity contribution in [1.29, 1.82) is 0 Å². The summed E-state index contributed by atoms with van der Waals surface area (Å²) in [7, 11) is 1.40. The van der Waals surface area contributed by atoms with Crippen molar-refractivity contribution in [1.82, 2.24) is 5.01 Å². The van der Waals surface area contributed by atoms with Crippen LogP contribution in [0.3, 0.4) is 0 Å². The minimum Gasteiger partial charge on any atom is -0.497 e. The van der Waals surface area contributed by atoms with Crippen molar-refractivity contribution in [3.8, 4) is 5.75 Å². The number of benzene rings is 2. The van der Waals surface area contributed by atoms with Crippen molar-refractivity contribution in [2.24, 2.45) is 5.10 Å². The zero-order valence-corrected chi connectivity index (χ0v) is 17.1. The summed E-state index contributed by atoms with van der Waals surface area (Å²) >= 11 is 0. The molecule has 1 heterocycles. The van der Waals surface area contributed by atoms with Crippen LogP contribution in [0, 0.1) is 0 Å². The molecule has 8 heteroatoms. The number of methoxy groups -OCH3 is 1. The Labute approximate surface area is 172 Å². The van der Waals surface area contributed by atoms with Gasteiger partial charge in [0.1, 0.15) is 11.5 Å². The molecule has 0 aliphatic carbocycles. The molecule has 30 heavy (non-hydrogen) atoms. The maximum absolute atomic E-state index is 13.4. The zero-order valence-electron chi connectivity index (χ0n) is 17.1. The second-order valence-corrected chi connectivity index (χ2v) is 8.21. The van der Waals surface area contributed by atoms with Crippen LogP contribution in [0.15, 0.2) is 53.6 Å². The minimum absolute atomic E-state index is 0.0736. The van der Waals surface area contributed by atoms with E-state index in [-0.39, 0.29) is 16.5 Å². The highest BCUT2D eigenvalue weighted by Crippen LogP contribution is 2.41. The van der Waals surface area contributed by atoms with Crippen LogP contribution >= 0.6 is 0 Å². The number of aliphatic hydroxyl groups is 1. The van der Waals surface area contributed by atoms with Crippen LogP contribution in [-0.2, 0) is 11.1 Å². The zero-order chi connectivity index (χ0) is 22.3. The molecular weight excluding hydrogens is 397 g/mol. The van der Waals surface area contributed by atoms with Gasteiger partial charge in [0, 0.05) is 11.1 Å². The van der Waals surface area contributed by atoms with E-state index in [1.807, 2.05) is 20.8 Å². The third-order valence-electron chi connectivity index (χ3n) is 5.03. The first-order chi connectivity index (χ1) is 13.9. The molecule has 1 N–H and O–H groups in total. The van der Waals surface area contributed by atoms with Crippen molar-refractivity contribution in [2.45, 2.75) is 44.5 Å². The van der Waals surface area contributed by atoms with Crippen molar-refractivity contribution in [2.75, 3.05) is 7.11 Å². The highest BCUT2D eigenvalue weighted by atomic mass is 19.4. The summed E-state index contributed by atoms with van der Waals surface area (Å²) in [6, 6.07) is 12.5. The fourth-order valence-corrected chi connectivity index (χ4v) is 3.25. The van der Waals surface area contributed by atoms with E-state index >= 15 is 0 Å². The highest BCUT2D eigenvalue weighted by molar-refractivity contribution is 5.99. The van der Waals surface area contributed by atoms with Crippen LogP contribution < -0.4 is 4.74 Å². The molecule has 3 rings (SSSR count). The van der Waals surface area contributed by atoms with Crippen LogP contribution in [0.5, 0.6) is 5.75 Å². The smallest absolute Gasteiger partial charge is 0.431 e. The van der Waals surface area contributed by atoms with E-state index in [2.05, 4.69) is 5.10 Å². The lowest BCUT2D eigenvalue weighted by atomic mass is 9.86. The summed E-state index contributed by atoms with van der Waals surface area (Å²) in [4.78, 5) is 13.1. The Morgan fingerprint density at radius 3 is 2.30 bits per heavy atom. The van der Waals surface area contributed by atoms with Crippen LogP contribution in [0.25, 0.3) is 0 Å². The maximum atomic E-state index is 13.4. The summed E-state index contributed by atoms with van der Waals surface area (Å²) in [5.74, 6) is -0.497. The first-order valence-corrected chi connectivity index (χ1v) is 9.33. The Kier molecular flexibility index (Phi) is 5.41. The van der Waals surface area contributed by atoms with E-state index in [0.717, 1.165) is 5.56 Å². The molecule has 1 aliphatic heterocycles. The van der Waals surface area contributed by atoms with Gasteiger partial charge in [-0.25, -0.2) is 0 Å². The predicted molar refractivity (Wildman–Crippen MR) is 106 cm³/mol. The maximum Gasteiger partial charge on any atom is 0.431 e. The summed E-state index contributed by atoms with van der Waals surface area (Å²) in [5.41, 5.74) is -2.52. The molecule has 2 aromatic rings. The number of halogens is 3. The number of hydrogen-bond acceptors (Lipinski definition) is 4. The summed E-state index contributed by atoms with van der Waals surface area (Å²) in [5, 5.41) is 15.2. The number of nitrogens with zero attached hydrogens (tertiary/aromatic N) is 2. The molecule has 0 bridgehead atoms. The molecule has 0 saturated carbocycles. The van der Waals surface area contributed by atoms with Crippen LogP contribution in [0.1, 0.15) is 48.7 Å². The van der Waals surface area contributed by atoms with Crippen molar-refractivity contribution >= 4 is 11.6 Å². The molecule has 0 saturated heterocycles. The third kappa shape index (κ3) is 4.05. The van der Waals surface area contributed by atoms with E-state index in [0.29, 0.717) is 10.8 Å². The summed E-state index contributed by atoms with van der Waals surface area (Å²) in [6.45, 7) is 6.02. The van der Waals surface area contributed by atoms with Crippen LogP contribution in [0.2, 0.25) is 0 Å². The van der Waals surface area contributed by atoms with Gasteiger partial charge in [-0.15, -0.1) is 0 Å². The third-order valence-corrected chi connectivity index (χ3v) is 5.03. The molecule has 1 aliphatic rings. The van der Waals surface area contributed by atoms with Gasteiger partial charge in [-0.3, -0.25) is 4.79 Å². The second-order valence-electron chi connectivity index (χ2n) is 8.21. The molecule has 1 amide bonds. The average molecular weight is 420 g/mol. The van der Waals surface area contributed by atoms with Gasteiger partial charge in [-0.05, 0) is 35.2 Å². The second kappa shape index (κ2) is 7.43. The van der Waals surface area contributed by atoms with Crippen LogP contribution in [0.4, 0.5) is 13.2 Å². The molecule has 0 unspecified atom stereocenters. The van der Waals surface area contributed by atoms with Gasteiger partial charge >= 0.3 is 6.18 Å². The van der Waals surface area contributed by atoms with Gasteiger partial charge in [-0.2, -0.15) is 23.3 Å². The molecule has 2 aromatic carbocycles. The number of amides is 1. The first-order valence-electron chi connectivity index (χ1n) is 9.33. The molecule has 0 radical (unpaired) electrons. The fraction of sp³-hybridized carbons (Fsp3) is 0.364. The van der Waals surface area contributed by atoms with E-state index in [9.17, 15) is 23.1 Å². The Morgan fingerprint density at radius 1 is 1.13 bits per heavy atom. The molecule has 1 atom stereocenters. The average Bonchev–Trinajstić information content (AvgIpc) is 3.06. The van der Waals surface area contributed by atoms with Crippen molar-refractivity contribution < 1.29 is 27.8 Å². The van der Waals surface area contributed by atoms with Crippen molar-refractivity contribution in [3.63, 3.8) is 0 Å². The van der Waals surface area contributed by atoms with Gasteiger partial charge in [0.15, 0.2) is 5.72 Å². The molecule has 5 nitrogen and oxygen atoms in total. The van der Waals surface area contributed by atoms with E-state index < -0.39 is 29.9 Å². The monoisotopic (exact) mass is 420 g/mol. The first kappa shape index (κ1) is 21.8. The molecular formula is C22H23F3N2O3. The van der Waals surface area contributed by atoms with Crippen molar-refractivity contribution in [3.05, 3.63) is 65.2 Å². The number of ether oxygens (including phenoxy) is 1. The lowest BCUT2D eigenvalue weighted by Crippen LogP contribution is -2.43. The van der Waals surface area contributed by atoms with Gasteiger partial charge < -0.3 is 9.84 Å². The Bertz CT molecular complexity index is 978. The van der Waals surface area contributed by atoms with Gasteiger partial charge in [0.05, 0.1) is 13.5 Å². The number of carbonyl (C=O) groups excluding carboxylic acids is 1. The quantitative estimate of drug-likeness (QED) is 0.789.